The van der Waals surface area contributed by atoms with Crippen LogP contribution in [0.2, 0.25) is 0 Å². The van der Waals surface area contributed by atoms with E-state index >= 15 is 0 Å². The second-order valence-electron chi connectivity index (χ2n) is 25.7. The highest BCUT2D eigenvalue weighted by Crippen LogP contribution is 2.64. The molecule has 69 nitrogen and oxygen atoms in total. The molecule has 12 N–H and O–H groups in total. The number of nitrogen functional groups attached to an aromatic ring is 1. The van der Waals surface area contributed by atoms with Gasteiger partial charge in [-0.2, -0.15) is 4.98 Å². The van der Waals surface area contributed by atoms with E-state index < -0.39 is 224 Å². The van der Waals surface area contributed by atoms with Gasteiger partial charge in [-0.3, -0.25) is 67.7 Å². The standard InChI is InChI=1S/C12H20N5O13P3.C12H19N4O14P3.C12H18N3O14P3.C12H18N3O13P3/c1-5-15-10(13-2)7-11(16-5)17(4-14-7)12-9(19)8(18)6(28-12)3-27-32(23,24)30-33(25,26)29-31(20,21)22;1-5-14-10-7(11(15-5)26-2)13-4-16(10)12-9(18)8(17)6(28-12)3-27-32(22,23)30-33(24,25)29-31(19,20)21;1-5-13-10-6(11(18)14-5)2-3-15(10)12-9(17)8(16)7(27-12)4-26-31(22,23)29-32(24,25)28-30(19,20)21;13-7-1-3-14-11-6(7)2-4-15(11)12-10(17)9(16)8(26-12)5-25-30(21,22)28-31(23,24)27-29(18,19)20/h4,6,8-9,12,18-19H,3H2,1-2H3,(H,23,24)(H,25,26)(H,13,15,16)(H2,20,21,22);4,6,8-9,12,17-18H,3H2,1-2H3,(H,22,23)(H,24,25)(H2,19,20,21);2-3,7-9,12,16-17H,4H2,1H3,(H,22,23)(H,24,25)(H,13,14,18)(H2,19,20,21);1-4,8-10,12,16-17H,5H2,(H2,13,14)(H,21,22)(H,23,24)(H2,18,19,20)/p-16. The summed E-state index contributed by atoms with van der Waals surface area (Å²) in [6, 6.07) is 4.47. The molecule has 0 amide bonds. The minimum absolute atomic E-state index is 0.0889. The summed E-state index contributed by atoms with van der Waals surface area (Å²) in [5, 5.41) is 85.4. The number of aromatic nitrogens is 13. The number of aliphatic hydroxyl groups is 8. The number of nitrogens with one attached hydrogen (secondary N) is 2. The lowest BCUT2D eigenvalue weighted by Gasteiger charge is -2.37. The van der Waals surface area contributed by atoms with Crippen molar-refractivity contribution in [3.8, 4) is 5.88 Å². The fourth-order valence-corrected chi connectivity index (χ4v) is 23.0. The first-order valence-electron chi connectivity index (χ1n) is 33.9. The van der Waals surface area contributed by atoms with Crippen LogP contribution in [0.15, 0.2) is 54.2 Å². The molecule has 0 aromatic carbocycles. The summed E-state index contributed by atoms with van der Waals surface area (Å²) in [5.74, 6) is 1.36. The van der Waals surface area contributed by atoms with Crippen molar-refractivity contribution in [3.63, 3.8) is 0 Å². The monoisotopic (exact) mass is 2080 g/mol. The zero-order valence-corrected chi connectivity index (χ0v) is 74.6. The summed E-state index contributed by atoms with van der Waals surface area (Å²) in [4.78, 5) is 221. The molecule has 0 bridgehead atoms. The molecule has 4 fully saturated rings. The highest BCUT2D eigenvalue weighted by atomic mass is 31.3. The normalized spacial score (nSPS) is 27.8. The number of anilines is 2. The molecule has 24 unspecified atom stereocenters. The molecule has 0 saturated carbocycles. The number of aromatic amines is 1. The Balaban J connectivity index is 0.000000194. The van der Waals surface area contributed by atoms with Crippen LogP contribution in [0.1, 0.15) is 42.4 Å². The highest BCUT2D eigenvalue weighted by molar-refractivity contribution is 7.66. The van der Waals surface area contributed by atoms with E-state index in [4.69, 9.17) is 29.4 Å². The number of imidazole rings is 2. The predicted molar refractivity (Wildman–Crippen MR) is 373 cm³/mol. The van der Waals surface area contributed by atoms with Crippen molar-refractivity contribution < 1.29 is 250 Å². The number of H-pyrrole nitrogens is 1. The van der Waals surface area contributed by atoms with E-state index in [1.807, 2.05) is 0 Å². The van der Waals surface area contributed by atoms with Crippen molar-refractivity contribution in [1.82, 2.24) is 63.1 Å². The lowest BCUT2D eigenvalue weighted by atomic mass is 10.1. The van der Waals surface area contributed by atoms with Gasteiger partial charge >= 0.3 is 0 Å². The maximum absolute atomic E-state index is 12.0. The third kappa shape index (κ3) is 28.9. The van der Waals surface area contributed by atoms with Crippen molar-refractivity contribution >= 4 is 150 Å². The van der Waals surface area contributed by atoms with Gasteiger partial charge in [0.15, 0.2) is 53.1 Å². The van der Waals surface area contributed by atoms with Crippen LogP contribution in [0.5, 0.6) is 5.88 Å². The van der Waals surface area contributed by atoms with Gasteiger partial charge in [0, 0.05) is 36.7 Å². The molecular formula is C48H59N15O54P12-16. The molecule has 4 aliphatic heterocycles. The maximum atomic E-state index is 12.0. The molecule has 726 valence electrons. The van der Waals surface area contributed by atoms with E-state index in [2.05, 4.69) is 103 Å². The van der Waals surface area contributed by atoms with E-state index in [9.17, 15) is 179 Å². The first-order valence-corrected chi connectivity index (χ1v) is 51.4. The number of rotatable bonds is 34. The van der Waals surface area contributed by atoms with Gasteiger partial charge in [-0.1, -0.05) is 0 Å². The highest BCUT2D eigenvalue weighted by Gasteiger charge is 2.50. The summed E-state index contributed by atoms with van der Waals surface area (Å²) in [5.41, 5.74) is 6.98. The van der Waals surface area contributed by atoms with Crippen molar-refractivity contribution in [2.45, 2.75) is 119 Å². The van der Waals surface area contributed by atoms with E-state index in [0.717, 1.165) is 0 Å². The molecular weight excluding hydrogens is 2020 g/mol. The SMILES string of the molecule is CNc1nc(C)nc2c1ncn2C1OC(COP(=O)([O-])OP(=O)([O-])OP(=O)([O-])[O-])C(O)C1O.COc1nc(C)nc2c1ncn2C1OC(COP(=O)([O-])OP(=O)([O-])OP(=O)([O-])[O-])C(O)C1O.Cc1nc2c(ccn2C2OC(COP(=O)([O-])OP(=O)([O-])OP(=O)([O-])[O-])C(O)C2O)c(=O)[nH]1.Nc1ccnc2c1ccn2C1OC(COP(=O)([O-])OP(=O)([O-])OP(=O)([O-])[O-])C(O)C1O. The zero-order valence-electron chi connectivity index (χ0n) is 63.9. The number of aliphatic hydroxyl groups excluding tert-OH is 8. The van der Waals surface area contributed by atoms with Crippen LogP contribution in [0.4, 0.5) is 11.5 Å². The first kappa shape index (κ1) is 107. The van der Waals surface area contributed by atoms with Gasteiger partial charge in [-0.05, 0) is 39.0 Å². The largest absolute Gasteiger partial charge is 0.790 e. The average Bonchev–Trinajstić information content (AvgIpc) is 1.63. The molecule has 8 aromatic heterocycles. The summed E-state index contributed by atoms with van der Waals surface area (Å²) in [6.45, 7) is 0.372. The van der Waals surface area contributed by atoms with Crippen LogP contribution >= 0.6 is 93.9 Å². The maximum Gasteiger partial charge on any atom is 0.278 e. The Kier molecular flexibility index (Phi) is 34.1. The topological polar surface area (TPSA) is 1090 Å². The number of nitrogens with two attached hydrogens (primary N) is 1. The Morgan fingerprint density at radius 1 is 0.403 bits per heavy atom. The minimum atomic E-state index is -6.15. The van der Waals surface area contributed by atoms with Crippen LogP contribution in [-0.2, 0) is 126 Å². The molecule has 4 aliphatic rings. The second kappa shape index (κ2) is 41.0. The number of ether oxygens (including phenoxy) is 5. The molecule has 8 aromatic rings. The summed E-state index contributed by atoms with van der Waals surface area (Å²) in [6.07, 6.45) is -18.2. The van der Waals surface area contributed by atoms with Crippen LogP contribution in [0, 0.1) is 20.8 Å². The van der Waals surface area contributed by atoms with Crippen molar-refractivity contribution in [2.24, 2.45) is 0 Å². The number of nitrogens with zero attached hydrogens (tertiary/aromatic N) is 12. The molecule has 0 radical (unpaired) electrons. The van der Waals surface area contributed by atoms with Gasteiger partial charge in [-0.15, -0.1) is 0 Å². The van der Waals surface area contributed by atoms with Crippen LogP contribution in [0.3, 0.4) is 0 Å². The fraction of sp³-hybridized carbons (Fsp3) is 0.521. The summed E-state index contributed by atoms with van der Waals surface area (Å²) < 4.78 is 207. The smallest absolute Gasteiger partial charge is 0.278 e. The molecule has 24 atom stereocenters. The van der Waals surface area contributed by atoms with Gasteiger partial charge in [0.05, 0.1) is 82.9 Å². The first-order chi connectivity index (χ1) is 59.0. The Bertz CT molecular complexity index is 5900. The Labute approximate surface area is 714 Å². The number of hydrogen-bond donors (Lipinski definition) is 11. The number of fused-ring (bicyclic) bond motifs is 4. The van der Waals surface area contributed by atoms with Crippen LogP contribution in [0.25, 0.3) is 44.4 Å². The van der Waals surface area contributed by atoms with Crippen molar-refractivity contribution in [2.75, 3.05) is 51.6 Å². The molecule has 81 heteroatoms. The number of methoxy groups -OCH3 is 1. The molecule has 129 heavy (non-hydrogen) atoms. The lowest BCUT2D eigenvalue weighted by molar-refractivity contribution is -0.342. The number of aryl methyl sites for hydroxylation is 3. The minimum Gasteiger partial charge on any atom is -0.790 e. The summed E-state index contributed by atoms with van der Waals surface area (Å²) >= 11 is 0. The van der Waals surface area contributed by atoms with Crippen LogP contribution in [-0.4, -0.2) is 218 Å². The predicted octanol–water partition coefficient (Wildman–Crippen LogP) is -13.3. The lowest BCUT2D eigenvalue weighted by Crippen LogP contribution is -2.34. The average molecular weight is 2080 g/mol. The van der Waals surface area contributed by atoms with Gasteiger partial charge in [0.1, 0.15) is 102 Å². The van der Waals surface area contributed by atoms with Gasteiger partial charge in [0.25, 0.3) is 68.1 Å². The van der Waals surface area contributed by atoms with E-state index in [1.54, 1.807) is 27.0 Å². The third-order valence-electron chi connectivity index (χ3n) is 16.4. The Morgan fingerprint density at radius 2 is 0.721 bits per heavy atom. The van der Waals surface area contributed by atoms with Crippen molar-refractivity contribution in [1.29, 1.82) is 0 Å². The Morgan fingerprint density at radius 3 is 1.06 bits per heavy atom. The van der Waals surface area contributed by atoms with Crippen molar-refractivity contribution in [3.05, 3.63) is 77.3 Å². The quantitative estimate of drug-likeness (QED) is 0.0167. The van der Waals surface area contributed by atoms with Gasteiger partial charge in [-0.25, -0.2) is 52.1 Å². The zero-order chi connectivity index (χ0) is 96.8. The van der Waals surface area contributed by atoms with Crippen LogP contribution < -0.4 is 99.6 Å². The van der Waals surface area contributed by atoms with E-state index in [1.165, 1.54) is 75.7 Å². The molecule has 4 saturated heterocycles. The number of hydrogen-bond acceptors (Lipinski definition) is 64. The number of phosphoric ester groups is 4. The third-order valence-corrected chi connectivity index (χ3v) is 31.1. The fourth-order valence-electron chi connectivity index (χ4n) is 11.5. The molecule has 12 heterocycles. The number of pyridine rings is 1. The molecule has 0 spiro atoms. The summed E-state index contributed by atoms with van der Waals surface area (Å²) in [7, 11) is -69.4. The molecule has 12 rings (SSSR count). The Hall–Kier alpha value is -5.23. The van der Waals surface area contributed by atoms with E-state index in [-0.39, 0.29) is 45.4 Å². The van der Waals surface area contributed by atoms with E-state index in [0.29, 0.717) is 33.9 Å². The molecule has 0 aliphatic carbocycles. The second-order valence-corrected chi connectivity index (χ2v) is 42.6. The van der Waals surface area contributed by atoms with Gasteiger partial charge < -0.3 is 204 Å². The number of phosphoric acid groups is 12. The van der Waals surface area contributed by atoms with Gasteiger partial charge in [0.2, 0.25) is 5.88 Å².